The van der Waals surface area contributed by atoms with Gasteiger partial charge in [0.1, 0.15) is 0 Å². The molecule has 0 saturated carbocycles. The zero-order valence-electron chi connectivity index (χ0n) is 10.4. The molecule has 0 radical (unpaired) electrons. The molecule has 0 spiro atoms. The van der Waals surface area contributed by atoms with E-state index in [1.807, 2.05) is 32.9 Å². The van der Waals surface area contributed by atoms with Crippen LogP contribution in [0.25, 0.3) is 0 Å². The maximum absolute atomic E-state index is 11.8. The van der Waals surface area contributed by atoms with Gasteiger partial charge in [0, 0.05) is 5.56 Å². The molecule has 4 heteroatoms. The summed E-state index contributed by atoms with van der Waals surface area (Å²) in [6.07, 6.45) is 0. The normalized spacial score (nSPS) is 14.5. The van der Waals surface area contributed by atoms with Crippen molar-refractivity contribution in [2.45, 2.75) is 39.6 Å². The predicted octanol–water partition coefficient (Wildman–Crippen LogP) is 2.18. The van der Waals surface area contributed by atoms with E-state index in [-0.39, 0.29) is 5.91 Å². The van der Waals surface area contributed by atoms with Gasteiger partial charge < -0.3 is 4.74 Å². The molecule has 1 N–H and O–H groups in total. The number of benzene rings is 1. The average molecular weight is 235 g/mol. The molecule has 1 amide bonds. The molecule has 17 heavy (non-hydrogen) atoms. The van der Waals surface area contributed by atoms with Gasteiger partial charge in [-0.3, -0.25) is 9.63 Å². The largest absolute Gasteiger partial charge is 0.372 e. The minimum absolute atomic E-state index is 0.227. The van der Waals surface area contributed by atoms with E-state index >= 15 is 0 Å². The summed E-state index contributed by atoms with van der Waals surface area (Å²) in [5.41, 5.74) is 4.88. The Morgan fingerprint density at radius 2 is 2.00 bits per heavy atom. The van der Waals surface area contributed by atoms with Crippen molar-refractivity contribution in [1.82, 2.24) is 5.48 Å². The zero-order valence-corrected chi connectivity index (χ0v) is 10.4. The van der Waals surface area contributed by atoms with E-state index in [2.05, 4.69) is 5.48 Å². The summed E-state index contributed by atoms with van der Waals surface area (Å²) in [5.74, 6) is -0.227. The van der Waals surface area contributed by atoms with Gasteiger partial charge in [0.15, 0.2) is 0 Å². The number of fused-ring (bicyclic) bond motifs is 1. The first-order valence-corrected chi connectivity index (χ1v) is 5.63. The number of ether oxygens (including phenoxy) is 1. The second kappa shape index (κ2) is 4.47. The summed E-state index contributed by atoms with van der Waals surface area (Å²) in [6, 6.07) is 5.56. The standard InChI is InChI=1S/C13H17NO3/c1-13(2,3)17-14-12(15)9-4-5-10-7-16-8-11(10)6-9/h4-6H,7-8H2,1-3H3,(H,14,15). The van der Waals surface area contributed by atoms with E-state index in [0.29, 0.717) is 18.8 Å². The van der Waals surface area contributed by atoms with E-state index < -0.39 is 5.60 Å². The number of rotatable bonds is 2. The molecule has 1 aliphatic rings. The first-order chi connectivity index (χ1) is 7.96. The van der Waals surface area contributed by atoms with Gasteiger partial charge in [-0.2, -0.15) is 0 Å². The summed E-state index contributed by atoms with van der Waals surface area (Å²) in [7, 11) is 0. The van der Waals surface area contributed by atoms with Crippen LogP contribution in [-0.4, -0.2) is 11.5 Å². The van der Waals surface area contributed by atoms with Crippen LogP contribution in [-0.2, 0) is 22.8 Å². The van der Waals surface area contributed by atoms with Gasteiger partial charge in [-0.05, 0) is 44.0 Å². The second-order valence-electron chi connectivity index (χ2n) is 5.12. The number of hydroxylamine groups is 1. The Bertz CT molecular complexity index is 435. The molecule has 92 valence electrons. The Morgan fingerprint density at radius 3 is 2.71 bits per heavy atom. The highest BCUT2D eigenvalue weighted by Crippen LogP contribution is 2.20. The van der Waals surface area contributed by atoms with Crippen LogP contribution in [0, 0.1) is 0 Å². The van der Waals surface area contributed by atoms with Crippen LogP contribution in [0.2, 0.25) is 0 Å². The molecule has 0 fully saturated rings. The molecule has 1 aromatic rings. The van der Waals surface area contributed by atoms with Gasteiger partial charge in [-0.15, -0.1) is 0 Å². The van der Waals surface area contributed by atoms with Crippen molar-refractivity contribution in [3.63, 3.8) is 0 Å². The summed E-state index contributed by atoms with van der Waals surface area (Å²) < 4.78 is 5.30. The highest BCUT2D eigenvalue weighted by atomic mass is 16.7. The fourth-order valence-electron chi connectivity index (χ4n) is 1.57. The van der Waals surface area contributed by atoms with Gasteiger partial charge in [-0.25, -0.2) is 5.48 Å². The van der Waals surface area contributed by atoms with Crippen molar-refractivity contribution >= 4 is 5.91 Å². The molecule has 1 aliphatic heterocycles. The minimum Gasteiger partial charge on any atom is -0.372 e. The Morgan fingerprint density at radius 1 is 1.29 bits per heavy atom. The maximum atomic E-state index is 11.8. The van der Waals surface area contributed by atoms with Crippen molar-refractivity contribution in [2.24, 2.45) is 0 Å². The predicted molar refractivity (Wildman–Crippen MR) is 63.2 cm³/mol. The molecule has 0 aromatic heterocycles. The zero-order chi connectivity index (χ0) is 12.5. The van der Waals surface area contributed by atoms with Crippen LogP contribution < -0.4 is 5.48 Å². The molecular formula is C13H17NO3. The molecule has 0 unspecified atom stereocenters. The number of carbonyl (C=O) groups is 1. The lowest BCUT2D eigenvalue weighted by atomic mass is 10.1. The first-order valence-electron chi connectivity index (χ1n) is 5.63. The van der Waals surface area contributed by atoms with Crippen LogP contribution in [0.3, 0.4) is 0 Å². The van der Waals surface area contributed by atoms with Crippen molar-refractivity contribution in [1.29, 1.82) is 0 Å². The van der Waals surface area contributed by atoms with Crippen molar-refractivity contribution < 1.29 is 14.4 Å². The van der Waals surface area contributed by atoms with Crippen LogP contribution >= 0.6 is 0 Å². The molecular weight excluding hydrogens is 218 g/mol. The van der Waals surface area contributed by atoms with E-state index in [4.69, 9.17) is 9.57 Å². The lowest BCUT2D eigenvalue weighted by Gasteiger charge is -2.19. The molecule has 0 atom stereocenters. The van der Waals surface area contributed by atoms with E-state index in [0.717, 1.165) is 11.1 Å². The second-order valence-corrected chi connectivity index (χ2v) is 5.12. The lowest BCUT2D eigenvalue weighted by molar-refractivity contribution is -0.0589. The van der Waals surface area contributed by atoms with Gasteiger partial charge in [0.2, 0.25) is 0 Å². The third-order valence-corrected chi connectivity index (χ3v) is 2.43. The SMILES string of the molecule is CC(C)(C)ONC(=O)c1ccc2c(c1)COC2. The Balaban J connectivity index is 2.05. The topological polar surface area (TPSA) is 47.6 Å². The Labute approximate surface area is 101 Å². The Kier molecular flexibility index (Phi) is 3.17. The number of nitrogens with one attached hydrogen (secondary N) is 1. The van der Waals surface area contributed by atoms with Gasteiger partial charge in [0.05, 0.1) is 18.8 Å². The van der Waals surface area contributed by atoms with E-state index in [1.54, 1.807) is 6.07 Å². The molecule has 4 nitrogen and oxygen atoms in total. The summed E-state index contributed by atoms with van der Waals surface area (Å²) >= 11 is 0. The van der Waals surface area contributed by atoms with Crippen LogP contribution in [0.15, 0.2) is 18.2 Å². The molecule has 0 bridgehead atoms. The number of carbonyl (C=O) groups excluding carboxylic acids is 1. The van der Waals surface area contributed by atoms with Gasteiger partial charge in [0.25, 0.3) is 5.91 Å². The summed E-state index contributed by atoms with van der Waals surface area (Å²) in [4.78, 5) is 17.0. The Hall–Kier alpha value is -1.39. The molecule has 1 heterocycles. The quantitative estimate of drug-likeness (QED) is 0.799. The molecule has 2 rings (SSSR count). The van der Waals surface area contributed by atoms with Crippen LogP contribution in [0.1, 0.15) is 42.3 Å². The molecule has 1 aromatic carbocycles. The number of amides is 1. The highest BCUT2D eigenvalue weighted by molar-refractivity contribution is 5.93. The van der Waals surface area contributed by atoms with Crippen LogP contribution in [0.5, 0.6) is 0 Å². The summed E-state index contributed by atoms with van der Waals surface area (Å²) in [6.45, 7) is 6.85. The molecule has 0 aliphatic carbocycles. The fourth-order valence-corrected chi connectivity index (χ4v) is 1.57. The van der Waals surface area contributed by atoms with Crippen molar-refractivity contribution in [3.8, 4) is 0 Å². The first kappa shape index (κ1) is 12.1. The monoisotopic (exact) mass is 235 g/mol. The third-order valence-electron chi connectivity index (χ3n) is 2.43. The van der Waals surface area contributed by atoms with Crippen molar-refractivity contribution in [2.75, 3.05) is 0 Å². The van der Waals surface area contributed by atoms with Crippen LogP contribution in [0.4, 0.5) is 0 Å². The molecule has 0 saturated heterocycles. The minimum atomic E-state index is -0.393. The smallest absolute Gasteiger partial charge is 0.274 e. The fraction of sp³-hybridized carbons (Fsp3) is 0.462. The highest BCUT2D eigenvalue weighted by Gasteiger charge is 2.16. The number of hydrogen-bond donors (Lipinski definition) is 1. The third kappa shape index (κ3) is 3.05. The number of hydrogen-bond acceptors (Lipinski definition) is 3. The lowest BCUT2D eigenvalue weighted by Crippen LogP contribution is -2.33. The van der Waals surface area contributed by atoms with Gasteiger partial charge >= 0.3 is 0 Å². The van der Waals surface area contributed by atoms with E-state index in [1.165, 1.54) is 0 Å². The average Bonchev–Trinajstić information content (AvgIpc) is 2.71. The summed E-state index contributed by atoms with van der Waals surface area (Å²) in [5, 5.41) is 0. The van der Waals surface area contributed by atoms with Gasteiger partial charge in [-0.1, -0.05) is 6.07 Å². The van der Waals surface area contributed by atoms with E-state index in [9.17, 15) is 4.79 Å². The van der Waals surface area contributed by atoms with Crippen molar-refractivity contribution in [3.05, 3.63) is 34.9 Å². The maximum Gasteiger partial charge on any atom is 0.274 e.